The van der Waals surface area contributed by atoms with Gasteiger partial charge >= 0.3 is 6.09 Å². The summed E-state index contributed by atoms with van der Waals surface area (Å²) in [4.78, 5) is 18.4. The van der Waals surface area contributed by atoms with Crippen LogP contribution in [0.2, 0.25) is 0 Å². The molecule has 21 heavy (non-hydrogen) atoms. The van der Waals surface area contributed by atoms with Crippen LogP contribution in [0.3, 0.4) is 0 Å². The number of alkyl carbamates (subject to hydrolysis) is 1. The van der Waals surface area contributed by atoms with E-state index in [-0.39, 0.29) is 6.09 Å². The minimum atomic E-state index is -0.448. The van der Waals surface area contributed by atoms with E-state index in [1.165, 1.54) is 0 Å². The number of nitrogens with one attached hydrogen (secondary N) is 1. The topological polar surface area (TPSA) is 54.5 Å². The molecule has 2 heterocycles. The highest BCUT2D eigenvalue weighted by Crippen LogP contribution is 2.22. The molecule has 0 saturated carbocycles. The molecule has 1 saturated heterocycles. The second-order valence-electron chi connectivity index (χ2n) is 6.32. The van der Waals surface area contributed by atoms with Crippen molar-refractivity contribution in [3.8, 4) is 0 Å². The molecule has 1 aromatic rings. The lowest BCUT2D eigenvalue weighted by Gasteiger charge is -2.21. The SMILES string of the molecule is CC(C)(C)OC(=O)NC[C@H]1CCN(c2ccc(I)cn2)C1. The van der Waals surface area contributed by atoms with Crippen LogP contribution < -0.4 is 10.2 Å². The third-order valence-corrected chi connectivity index (χ3v) is 3.89. The summed E-state index contributed by atoms with van der Waals surface area (Å²) in [5, 5.41) is 2.85. The van der Waals surface area contributed by atoms with Crippen molar-refractivity contribution in [2.24, 2.45) is 5.92 Å². The molecule has 1 amide bonds. The van der Waals surface area contributed by atoms with Crippen molar-refractivity contribution in [2.75, 3.05) is 24.5 Å². The number of hydrogen-bond acceptors (Lipinski definition) is 4. The Morgan fingerprint density at radius 2 is 2.29 bits per heavy atom. The normalized spacial score (nSPS) is 18.7. The van der Waals surface area contributed by atoms with Gasteiger partial charge in [-0.3, -0.25) is 0 Å². The Bertz CT molecular complexity index is 485. The molecule has 1 fully saturated rings. The Kier molecular flexibility index (Phi) is 5.29. The van der Waals surface area contributed by atoms with Gasteiger partial charge in [-0.1, -0.05) is 0 Å². The molecule has 1 N–H and O–H groups in total. The largest absolute Gasteiger partial charge is 0.444 e. The van der Waals surface area contributed by atoms with Gasteiger partial charge in [-0.15, -0.1) is 0 Å². The maximum atomic E-state index is 11.6. The zero-order valence-corrected chi connectivity index (χ0v) is 14.9. The molecular weight excluding hydrogens is 381 g/mol. The van der Waals surface area contributed by atoms with Crippen LogP contribution in [0.25, 0.3) is 0 Å². The number of carbonyl (C=O) groups excluding carboxylic acids is 1. The van der Waals surface area contributed by atoms with Crippen LogP contribution in [0, 0.1) is 9.49 Å². The van der Waals surface area contributed by atoms with Gasteiger partial charge in [0.25, 0.3) is 0 Å². The van der Waals surface area contributed by atoms with E-state index in [9.17, 15) is 4.79 Å². The monoisotopic (exact) mass is 403 g/mol. The standard InChI is InChI=1S/C15H22IN3O2/c1-15(2,3)21-14(20)18-8-11-6-7-19(10-11)13-5-4-12(16)9-17-13/h4-5,9,11H,6-8,10H2,1-3H3,(H,18,20)/t11-/m1/s1. The first-order valence-corrected chi connectivity index (χ1v) is 8.25. The minimum absolute atomic E-state index is 0.340. The Balaban J connectivity index is 1.78. The van der Waals surface area contributed by atoms with Gasteiger partial charge in [0.2, 0.25) is 0 Å². The fourth-order valence-electron chi connectivity index (χ4n) is 2.30. The molecule has 0 radical (unpaired) electrons. The van der Waals surface area contributed by atoms with Gasteiger partial charge in [-0.05, 0) is 67.8 Å². The molecular formula is C15H22IN3O2. The summed E-state index contributed by atoms with van der Waals surface area (Å²) in [5.74, 6) is 1.45. The number of nitrogens with zero attached hydrogens (tertiary/aromatic N) is 2. The summed E-state index contributed by atoms with van der Waals surface area (Å²) < 4.78 is 6.38. The second-order valence-corrected chi connectivity index (χ2v) is 7.56. The highest BCUT2D eigenvalue weighted by Gasteiger charge is 2.24. The van der Waals surface area contributed by atoms with E-state index in [0.29, 0.717) is 12.5 Å². The highest BCUT2D eigenvalue weighted by atomic mass is 127. The molecule has 0 unspecified atom stereocenters. The van der Waals surface area contributed by atoms with Crippen LogP contribution in [0.4, 0.5) is 10.6 Å². The van der Waals surface area contributed by atoms with E-state index in [1.807, 2.05) is 33.0 Å². The third kappa shape index (κ3) is 5.33. The number of aromatic nitrogens is 1. The molecule has 1 aliphatic rings. The predicted molar refractivity (Wildman–Crippen MR) is 91.5 cm³/mol. The van der Waals surface area contributed by atoms with Crippen molar-refractivity contribution in [3.63, 3.8) is 0 Å². The van der Waals surface area contributed by atoms with Crippen molar-refractivity contribution in [1.82, 2.24) is 10.3 Å². The Morgan fingerprint density at radius 3 is 2.90 bits per heavy atom. The minimum Gasteiger partial charge on any atom is -0.444 e. The molecule has 2 rings (SSSR count). The molecule has 5 nitrogen and oxygen atoms in total. The summed E-state index contributed by atoms with van der Waals surface area (Å²) >= 11 is 2.25. The number of amides is 1. The van der Waals surface area contributed by atoms with Crippen LogP contribution >= 0.6 is 22.6 Å². The number of hydrogen-bond donors (Lipinski definition) is 1. The lowest BCUT2D eigenvalue weighted by molar-refractivity contribution is 0.0520. The second kappa shape index (κ2) is 6.81. The zero-order valence-electron chi connectivity index (χ0n) is 12.7. The predicted octanol–water partition coefficient (Wildman–Crippen LogP) is 3.04. The average molecular weight is 403 g/mol. The quantitative estimate of drug-likeness (QED) is 0.789. The van der Waals surface area contributed by atoms with Gasteiger partial charge in [-0.25, -0.2) is 9.78 Å². The van der Waals surface area contributed by atoms with Crippen molar-refractivity contribution in [3.05, 3.63) is 21.9 Å². The van der Waals surface area contributed by atoms with Gasteiger partial charge in [0, 0.05) is 29.4 Å². The zero-order chi connectivity index (χ0) is 15.5. The molecule has 1 aromatic heterocycles. The Hall–Kier alpha value is -1.05. The summed E-state index contributed by atoms with van der Waals surface area (Å²) in [6.45, 7) is 8.15. The van der Waals surface area contributed by atoms with Crippen molar-refractivity contribution in [1.29, 1.82) is 0 Å². The summed E-state index contributed by atoms with van der Waals surface area (Å²) in [5.41, 5.74) is -0.448. The van der Waals surface area contributed by atoms with Crippen LogP contribution in [0.1, 0.15) is 27.2 Å². The molecule has 1 atom stereocenters. The van der Waals surface area contributed by atoms with Gasteiger partial charge in [0.15, 0.2) is 0 Å². The first kappa shape index (κ1) is 16.3. The number of pyridine rings is 1. The van der Waals surface area contributed by atoms with E-state index in [4.69, 9.17) is 4.74 Å². The van der Waals surface area contributed by atoms with E-state index in [0.717, 1.165) is 28.9 Å². The van der Waals surface area contributed by atoms with Crippen LogP contribution in [0.15, 0.2) is 18.3 Å². The number of ether oxygens (including phenoxy) is 1. The molecule has 0 bridgehead atoms. The number of halogens is 1. The Labute approximate surface area is 139 Å². The number of carbonyl (C=O) groups is 1. The maximum absolute atomic E-state index is 11.6. The highest BCUT2D eigenvalue weighted by molar-refractivity contribution is 14.1. The van der Waals surface area contributed by atoms with E-state index in [2.05, 4.69) is 43.9 Å². The summed E-state index contributed by atoms with van der Waals surface area (Å²) in [6.07, 6.45) is 2.60. The van der Waals surface area contributed by atoms with E-state index < -0.39 is 5.60 Å². The fraction of sp³-hybridized carbons (Fsp3) is 0.600. The maximum Gasteiger partial charge on any atom is 0.407 e. The van der Waals surface area contributed by atoms with Gasteiger partial charge in [0.05, 0.1) is 0 Å². The molecule has 116 valence electrons. The van der Waals surface area contributed by atoms with Crippen LogP contribution in [-0.2, 0) is 4.74 Å². The van der Waals surface area contributed by atoms with Gasteiger partial charge < -0.3 is 15.0 Å². The van der Waals surface area contributed by atoms with Crippen LogP contribution in [0.5, 0.6) is 0 Å². The summed E-state index contributed by atoms with van der Waals surface area (Å²) in [7, 11) is 0. The molecule has 6 heteroatoms. The molecule has 1 aliphatic heterocycles. The number of anilines is 1. The van der Waals surface area contributed by atoms with E-state index >= 15 is 0 Å². The first-order valence-electron chi connectivity index (χ1n) is 7.17. The first-order chi connectivity index (χ1) is 9.83. The Morgan fingerprint density at radius 1 is 1.52 bits per heavy atom. The van der Waals surface area contributed by atoms with Crippen molar-refractivity contribution >= 4 is 34.5 Å². The summed E-state index contributed by atoms with van der Waals surface area (Å²) in [6, 6.07) is 4.11. The fourth-order valence-corrected chi connectivity index (χ4v) is 2.62. The average Bonchev–Trinajstić information content (AvgIpc) is 2.84. The number of rotatable bonds is 3. The van der Waals surface area contributed by atoms with Crippen molar-refractivity contribution < 1.29 is 9.53 Å². The van der Waals surface area contributed by atoms with E-state index in [1.54, 1.807) is 0 Å². The van der Waals surface area contributed by atoms with Crippen molar-refractivity contribution in [2.45, 2.75) is 32.8 Å². The lowest BCUT2D eigenvalue weighted by atomic mass is 10.1. The molecule has 0 aromatic carbocycles. The molecule has 0 aliphatic carbocycles. The smallest absolute Gasteiger partial charge is 0.407 e. The lowest BCUT2D eigenvalue weighted by Crippen LogP contribution is -2.36. The van der Waals surface area contributed by atoms with Gasteiger partial charge in [-0.2, -0.15) is 0 Å². The van der Waals surface area contributed by atoms with Crippen LogP contribution in [-0.4, -0.2) is 36.3 Å². The molecule has 0 spiro atoms. The third-order valence-electron chi connectivity index (χ3n) is 3.26. The van der Waals surface area contributed by atoms with Gasteiger partial charge in [0.1, 0.15) is 11.4 Å².